The number of fused-ring (bicyclic) bond motifs is 3. The molecule has 9 heteroatoms. The minimum absolute atomic E-state index is 0.0209. The van der Waals surface area contributed by atoms with Gasteiger partial charge in [-0.05, 0) is 47.8 Å². The van der Waals surface area contributed by atoms with Crippen molar-refractivity contribution >= 4 is 43.9 Å². The summed E-state index contributed by atoms with van der Waals surface area (Å²) in [5.41, 5.74) is 2.50. The standard InChI is InChI=1S/C18H19BrN4O3S/c1-9(2)22-6-5-11-14(8-22)27-18-15(11)17(24)20-16(21-18)10-3-4-12(19)13(7-10)23(25)26/h3-4,7,9,16,21H,5-6,8H2,1-2H3,(H,20,24)/t16-/m0/s1. The molecular weight excluding hydrogens is 432 g/mol. The molecule has 1 aromatic carbocycles. The quantitative estimate of drug-likeness (QED) is 0.544. The largest absolute Gasteiger partial charge is 0.353 e. The van der Waals surface area contributed by atoms with Gasteiger partial charge in [-0.1, -0.05) is 6.07 Å². The van der Waals surface area contributed by atoms with E-state index in [2.05, 4.69) is 45.3 Å². The van der Waals surface area contributed by atoms with Gasteiger partial charge in [-0.25, -0.2) is 0 Å². The molecule has 1 aromatic heterocycles. The fourth-order valence-electron chi connectivity index (χ4n) is 3.59. The van der Waals surface area contributed by atoms with Crippen LogP contribution in [0.15, 0.2) is 22.7 Å². The number of hydrogen-bond donors (Lipinski definition) is 2. The van der Waals surface area contributed by atoms with Crippen LogP contribution in [0.3, 0.4) is 0 Å². The summed E-state index contributed by atoms with van der Waals surface area (Å²) in [7, 11) is 0. The van der Waals surface area contributed by atoms with E-state index in [1.807, 2.05) is 0 Å². The maximum absolute atomic E-state index is 12.8. The van der Waals surface area contributed by atoms with E-state index >= 15 is 0 Å². The predicted octanol–water partition coefficient (Wildman–Crippen LogP) is 4.04. The van der Waals surface area contributed by atoms with Crippen LogP contribution in [0.5, 0.6) is 0 Å². The first-order chi connectivity index (χ1) is 12.8. The predicted molar refractivity (Wildman–Crippen MR) is 108 cm³/mol. The van der Waals surface area contributed by atoms with Gasteiger partial charge in [-0.3, -0.25) is 19.8 Å². The van der Waals surface area contributed by atoms with E-state index in [-0.39, 0.29) is 11.6 Å². The number of halogens is 1. The van der Waals surface area contributed by atoms with Crippen molar-refractivity contribution < 1.29 is 9.72 Å². The summed E-state index contributed by atoms with van der Waals surface area (Å²) in [5.74, 6) is -0.116. The number of carbonyl (C=O) groups is 1. The second kappa shape index (κ2) is 6.88. The smallest absolute Gasteiger partial charge is 0.283 e. The number of thiophene rings is 1. The fourth-order valence-corrected chi connectivity index (χ4v) is 5.28. The Morgan fingerprint density at radius 1 is 1.37 bits per heavy atom. The SMILES string of the molecule is CC(C)N1CCc2c(sc3c2C(=O)N[C@H](c2ccc(Br)c([N+](=O)[O-])c2)N3)C1. The Labute approximate surface area is 169 Å². The number of rotatable bonds is 3. The zero-order valence-electron chi connectivity index (χ0n) is 14.9. The van der Waals surface area contributed by atoms with Crippen LogP contribution in [0.2, 0.25) is 0 Å². The summed E-state index contributed by atoms with van der Waals surface area (Å²) < 4.78 is 0.416. The van der Waals surface area contributed by atoms with E-state index in [1.165, 1.54) is 10.9 Å². The summed E-state index contributed by atoms with van der Waals surface area (Å²) in [6, 6.07) is 5.36. The molecule has 27 heavy (non-hydrogen) atoms. The van der Waals surface area contributed by atoms with Crippen LogP contribution >= 0.6 is 27.3 Å². The van der Waals surface area contributed by atoms with Crippen molar-refractivity contribution in [2.45, 2.75) is 39.0 Å². The Kier molecular flexibility index (Phi) is 4.69. The fraction of sp³-hybridized carbons (Fsp3) is 0.389. The maximum Gasteiger partial charge on any atom is 0.283 e. The van der Waals surface area contributed by atoms with E-state index in [0.29, 0.717) is 16.1 Å². The van der Waals surface area contributed by atoms with Crippen molar-refractivity contribution in [1.82, 2.24) is 10.2 Å². The lowest BCUT2D eigenvalue weighted by molar-refractivity contribution is -0.385. The second-order valence-electron chi connectivity index (χ2n) is 7.04. The van der Waals surface area contributed by atoms with Crippen molar-refractivity contribution in [2.24, 2.45) is 0 Å². The van der Waals surface area contributed by atoms with Gasteiger partial charge < -0.3 is 10.6 Å². The molecular formula is C18H19BrN4O3S. The number of nitro benzene ring substituents is 1. The molecule has 4 rings (SSSR count). The number of benzene rings is 1. The van der Waals surface area contributed by atoms with Gasteiger partial charge in [0.2, 0.25) is 0 Å². The lowest BCUT2D eigenvalue weighted by Crippen LogP contribution is -2.39. The van der Waals surface area contributed by atoms with Crippen molar-refractivity contribution in [1.29, 1.82) is 0 Å². The number of hydrogen-bond acceptors (Lipinski definition) is 6. The Morgan fingerprint density at radius 2 is 2.15 bits per heavy atom. The van der Waals surface area contributed by atoms with Crippen molar-refractivity contribution in [2.75, 3.05) is 11.9 Å². The van der Waals surface area contributed by atoms with Crippen LogP contribution in [0.4, 0.5) is 10.7 Å². The van der Waals surface area contributed by atoms with E-state index in [4.69, 9.17) is 0 Å². The molecule has 1 amide bonds. The highest BCUT2D eigenvalue weighted by molar-refractivity contribution is 9.10. The van der Waals surface area contributed by atoms with Crippen molar-refractivity contribution in [3.05, 3.63) is 54.4 Å². The van der Waals surface area contributed by atoms with Gasteiger partial charge in [0.1, 0.15) is 11.2 Å². The third-order valence-electron chi connectivity index (χ3n) is 5.09. The molecule has 0 saturated heterocycles. The number of anilines is 1. The van der Waals surface area contributed by atoms with Gasteiger partial charge in [-0.15, -0.1) is 11.3 Å². The summed E-state index contributed by atoms with van der Waals surface area (Å²) in [5, 5.41) is 18.4. The van der Waals surface area contributed by atoms with Crippen LogP contribution in [0.25, 0.3) is 0 Å². The van der Waals surface area contributed by atoms with Gasteiger partial charge in [0.15, 0.2) is 0 Å². The van der Waals surface area contributed by atoms with Crippen LogP contribution in [0.1, 0.15) is 46.4 Å². The summed E-state index contributed by atoms with van der Waals surface area (Å²) >= 11 is 4.81. The minimum Gasteiger partial charge on any atom is -0.353 e. The molecule has 3 heterocycles. The Balaban J connectivity index is 1.66. The topological polar surface area (TPSA) is 87.5 Å². The first-order valence-electron chi connectivity index (χ1n) is 8.75. The van der Waals surface area contributed by atoms with Gasteiger partial charge in [0.25, 0.3) is 11.6 Å². The number of nitro groups is 1. The van der Waals surface area contributed by atoms with Crippen LogP contribution in [-0.2, 0) is 13.0 Å². The average Bonchev–Trinajstić information content (AvgIpc) is 2.99. The van der Waals surface area contributed by atoms with Crippen molar-refractivity contribution in [3.8, 4) is 0 Å². The number of amides is 1. The Bertz CT molecular complexity index is 943. The van der Waals surface area contributed by atoms with Crippen LogP contribution in [-0.4, -0.2) is 28.3 Å². The molecule has 0 aliphatic carbocycles. The average molecular weight is 451 g/mol. The van der Waals surface area contributed by atoms with E-state index in [9.17, 15) is 14.9 Å². The minimum atomic E-state index is -0.488. The third kappa shape index (κ3) is 3.24. The molecule has 2 aromatic rings. The summed E-state index contributed by atoms with van der Waals surface area (Å²) in [6.07, 6.45) is 0.376. The zero-order valence-corrected chi connectivity index (χ0v) is 17.3. The van der Waals surface area contributed by atoms with Gasteiger partial charge in [0.05, 0.1) is 15.0 Å². The first-order valence-corrected chi connectivity index (χ1v) is 10.4. The van der Waals surface area contributed by atoms with Gasteiger partial charge in [-0.2, -0.15) is 0 Å². The Morgan fingerprint density at radius 3 is 2.85 bits per heavy atom. The summed E-state index contributed by atoms with van der Waals surface area (Å²) in [4.78, 5) is 27.2. The third-order valence-corrected chi connectivity index (χ3v) is 6.91. The number of nitrogens with one attached hydrogen (secondary N) is 2. The second-order valence-corrected chi connectivity index (χ2v) is 9.00. The molecule has 2 aliphatic rings. The molecule has 2 N–H and O–H groups in total. The van der Waals surface area contributed by atoms with Crippen LogP contribution < -0.4 is 10.6 Å². The number of carbonyl (C=O) groups excluding carboxylic acids is 1. The Hall–Kier alpha value is -1.97. The summed E-state index contributed by atoms with van der Waals surface area (Å²) in [6.45, 7) is 6.16. The molecule has 0 radical (unpaired) electrons. The van der Waals surface area contributed by atoms with E-state index in [1.54, 1.807) is 23.5 Å². The maximum atomic E-state index is 12.8. The molecule has 7 nitrogen and oxygen atoms in total. The van der Waals surface area contributed by atoms with Gasteiger partial charge >= 0.3 is 0 Å². The molecule has 2 aliphatic heterocycles. The molecule has 1 atom stereocenters. The molecule has 0 fully saturated rings. The monoisotopic (exact) mass is 450 g/mol. The molecule has 0 unspecified atom stereocenters. The normalized spacial score (nSPS) is 19.3. The van der Waals surface area contributed by atoms with E-state index in [0.717, 1.165) is 35.6 Å². The van der Waals surface area contributed by atoms with Crippen LogP contribution in [0, 0.1) is 10.1 Å². The van der Waals surface area contributed by atoms with Crippen molar-refractivity contribution in [3.63, 3.8) is 0 Å². The molecule has 142 valence electrons. The highest BCUT2D eigenvalue weighted by Gasteiger charge is 2.34. The lowest BCUT2D eigenvalue weighted by atomic mass is 9.99. The molecule has 0 saturated carbocycles. The van der Waals surface area contributed by atoms with E-state index < -0.39 is 11.1 Å². The highest BCUT2D eigenvalue weighted by atomic mass is 79.9. The molecule has 0 bridgehead atoms. The van der Waals surface area contributed by atoms with Gasteiger partial charge in [0, 0.05) is 35.6 Å². The lowest BCUT2D eigenvalue weighted by Gasteiger charge is -2.30. The highest BCUT2D eigenvalue weighted by Crippen LogP contribution is 2.41. The number of nitrogens with zero attached hydrogens (tertiary/aromatic N) is 2. The zero-order chi connectivity index (χ0) is 19.3. The molecule has 0 spiro atoms. The first kappa shape index (κ1) is 18.4.